The molecule has 0 fully saturated rings. The highest BCUT2D eigenvalue weighted by Gasteiger charge is 2.01. The Hall–Kier alpha value is -1.14. The highest BCUT2D eigenvalue weighted by Crippen LogP contribution is 1.97. The number of H-pyrrole nitrogens is 1. The van der Waals surface area contributed by atoms with Crippen molar-refractivity contribution < 1.29 is 9.90 Å². The van der Waals surface area contributed by atoms with E-state index in [4.69, 9.17) is 5.11 Å². The lowest BCUT2D eigenvalue weighted by molar-refractivity contribution is -0.121. The molecule has 0 saturated heterocycles. The molecule has 1 heterocycles. The number of hydrogen-bond acceptors (Lipinski definition) is 4. The second kappa shape index (κ2) is 6.36. The van der Waals surface area contributed by atoms with Crippen molar-refractivity contribution >= 4 is 17.2 Å². The number of aromatic amines is 1. The minimum absolute atomic E-state index is 0.0597. The summed E-state index contributed by atoms with van der Waals surface area (Å²) in [4.78, 5) is 24.5. The summed E-state index contributed by atoms with van der Waals surface area (Å²) < 4.78 is 0. The largest absolute Gasteiger partial charge is 0.396 e. The first kappa shape index (κ1) is 11.9. The van der Waals surface area contributed by atoms with Crippen molar-refractivity contribution in [3.8, 4) is 0 Å². The van der Waals surface area contributed by atoms with Crippen LogP contribution >= 0.6 is 11.3 Å². The fourth-order valence-corrected chi connectivity index (χ4v) is 1.66. The maximum Gasteiger partial charge on any atom is 0.304 e. The van der Waals surface area contributed by atoms with Crippen molar-refractivity contribution in [3.63, 3.8) is 0 Å². The van der Waals surface area contributed by atoms with E-state index in [0.717, 1.165) is 17.0 Å². The van der Waals surface area contributed by atoms with E-state index >= 15 is 0 Å². The Morgan fingerprint density at radius 3 is 2.93 bits per heavy atom. The summed E-state index contributed by atoms with van der Waals surface area (Å²) in [6.45, 7) is 0.474. The number of nitrogens with one attached hydrogen (secondary N) is 2. The molecule has 0 aliphatic rings. The predicted octanol–water partition coefficient (Wildman–Crippen LogP) is 0.215. The SMILES string of the molecule is O=C(CCCCO)NCc1csc(=O)[nH]1. The fraction of sp³-hybridized carbons (Fsp3) is 0.556. The van der Waals surface area contributed by atoms with Gasteiger partial charge in [0.1, 0.15) is 0 Å². The number of aliphatic hydroxyl groups is 1. The van der Waals surface area contributed by atoms with Gasteiger partial charge in [0.2, 0.25) is 5.91 Å². The summed E-state index contributed by atoms with van der Waals surface area (Å²) in [5.41, 5.74) is 0.723. The van der Waals surface area contributed by atoms with Crippen molar-refractivity contribution in [1.82, 2.24) is 10.3 Å². The van der Waals surface area contributed by atoms with Crippen LogP contribution in [-0.4, -0.2) is 22.6 Å². The van der Waals surface area contributed by atoms with Crippen molar-refractivity contribution in [1.29, 1.82) is 0 Å². The number of aliphatic hydroxyl groups excluding tert-OH is 1. The molecule has 0 saturated carbocycles. The number of carbonyl (C=O) groups excluding carboxylic acids is 1. The molecule has 1 aromatic rings. The van der Waals surface area contributed by atoms with Crippen LogP contribution in [0.25, 0.3) is 0 Å². The molecule has 0 unspecified atom stereocenters. The average Bonchev–Trinajstić information content (AvgIpc) is 2.62. The molecule has 3 N–H and O–H groups in total. The second-order valence-electron chi connectivity index (χ2n) is 3.13. The molecular formula is C9H14N2O3S. The van der Waals surface area contributed by atoms with Crippen molar-refractivity contribution in [2.45, 2.75) is 25.8 Å². The van der Waals surface area contributed by atoms with Crippen LogP contribution < -0.4 is 10.2 Å². The van der Waals surface area contributed by atoms with Crippen LogP contribution in [0.5, 0.6) is 0 Å². The Balaban J connectivity index is 2.19. The Kier molecular flexibility index (Phi) is 5.06. The number of aromatic nitrogens is 1. The lowest BCUT2D eigenvalue weighted by Gasteiger charge is -2.02. The molecule has 0 spiro atoms. The highest BCUT2D eigenvalue weighted by atomic mass is 32.1. The summed E-state index contributed by atoms with van der Waals surface area (Å²) in [6, 6.07) is 0. The van der Waals surface area contributed by atoms with Crippen molar-refractivity contribution in [2.75, 3.05) is 6.61 Å². The van der Waals surface area contributed by atoms with Gasteiger partial charge < -0.3 is 15.4 Å². The minimum Gasteiger partial charge on any atom is -0.396 e. The molecule has 1 rings (SSSR count). The van der Waals surface area contributed by atoms with Gasteiger partial charge >= 0.3 is 4.87 Å². The molecule has 6 heteroatoms. The van der Waals surface area contributed by atoms with Crippen LogP contribution in [0.1, 0.15) is 25.0 Å². The Labute approximate surface area is 91.1 Å². The van der Waals surface area contributed by atoms with E-state index in [1.807, 2.05) is 0 Å². The van der Waals surface area contributed by atoms with Crippen LogP contribution in [0.3, 0.4) is 0 Å². The van der Waals surface area contributed by atoms with E-state index in [0.29, 0.717) is 25.8 Å². The number of unbranched alkanes of at least 4 members (excludes halogenated alkanes) is 1. The zero-order chi connectivity index (χ0) is 11.1. The van der Waals surface area contributed by atoms with Gasteiger partial charge in [0.25, 0.3) is 0 Å². The van der Waals surface area contributed by atoms with Crippen LogP contribution in [0.2, 0.25) is 0 Å². The van der Waals surface area contributed by atoms with Gasteiger partial charge in [-0.15, -0.1) is 0 Å². The first-order valence-electron chi connectivity index (χ1n) is 4.76. The predicted molar refractivity (Wildman–Crippen MR) is 57.7 cm³/mol. The summed E-state index contributed by atoms with van der Waals surface area (Å²) in [5.74, 6) is -0.0597. The summed E-state index contributed by atoms with van der Waals surface area (Å²) in [7, 11) is 0. The van der Waals surface area contributed by atoms with Crippen LogP contribution in [-0.2, 0) is 11.3 Å². The Bertz CT molecular complexity index is 358. The van der Waals surface area contributed by atoms with Gasteiger partial charge in [-0.1, -0.05) is 11.3 Å². The van der Waals surface area contributed by atoms with E-state index < -0.39 is 0 Å². The van der Waals surface area contributed by atoms with Gasteiger partial charge in [0.05, 0.1) is 6.54 Å². The fourth-order valence-electron chi connectivity index (χ4n) is 1.08. The lowest BCUT2D eigenvalue weighted by atomic mass is 10.2. The number of rotatable bonds is 6. The molecule has 0 aliphatic carbocycles. The summed E-state index contributed by atoms with van der Waals surface area (Å²) in [5, 5.41) is 12.9. The molecule has 1 aromatic heterocycles. The zero-order valence-electron chi connectivity index (χ0n) is 8.28. The number of thiazole rings is 1. The van der Waals surface area contributed by atoms with Gasteiger partial charge in [-0.05, 0) is 12.8 Å². The van der Waals surface area contributed by atoms with Gasteiger partial charge in [-0.25, -0.2) is 0 Å². The third kappa shape index (κ3) is 4.75. The maximum atomic E-state index is 11.2. The van der Waals surface area contributed by atoms with Gasteiger partial charge in [-0.2, -0.15) is 0 Å². The molecule has 15 heavy (non-hydrogen) atoms. The summed E-state index contributed by atoms with van der Waals surface area (Å²) in [6.07, 6.45) is 1.74. The van der Waals surface area contributed by atoms with E-state index in [9.17, 15) is 9.59 Å². The second-order valence-corrected chi connectivity index (χ2v) is 3.97. The maximum absolute atomic E-state index is 11.2. The lowest BCUT2D eigenvalue weighted by Crippen LogP contribution is -2.22. The first-order chi connectivity index (χ1) is 7.22. The summed E-state index contributed by atoms with van der Waals surface area (Å²) >= 11 is 1.08. The quantitative estimate of drug-likeness (QED) is 0.611. The first-order valence-corrected chi connectivity index (χ1v) is 5.64. The number of hydrogen-bond donors (Lipinski definition) is 3. The zero-order valence-corrected chi connectivity index (χ0v) is 9.10. The third-order valence-corrected chi connectivity index (χ3v) is 2.58. The van der Waals surface area contributed by atoms with Crippen molar-refractivity contribution in [3.05, 3.63) is 20.7 Å². The molecule has 0 atom stereocenters. The van der Waals surface area contributed by atoms with E-state index in [1.54, 1.807) is 5.38 Å². The van der Waals surface area contributed by atoms with Crippen LogP contribution in [0.15, 0.2) is 10.2 Å². The minimum atomic E-state index is -0.112. The monoisotopic (exact) mass is 230 g/mol. The third-order valence-electron chi connectivity index (χ3n) is 1.86. The molecule has 5 nitrogen and oxygen atoms in total. The molecule has 0 aliphatic heterocycles. The van der Waals surface area contributed by atoms with Crippen LogP contribution in [0.4, 0.5) is 0 Å². The van der Waals surface area contributed by atoms with Crippen molar-refractivity contribution in [2.24, 2.45) is 0 Å². The van der Waals surface area contributed by atoms with E-state index in [-0.39, 0.29) is 17.4 Å². The standard InChI is InChI=1S/C9H14N2O3S/c12-4-2-1-3-8(13)10-5-7-6-15-9(14)11-7/h6,12H,1-5H2,(H,10,13)(H,11,14). The average molecular weight is 230 g/mol. The van der Waals surface area contributed by atoms with E-state index in [2.05, 4.69) is 10.3 Å². The molecule has 1 amide bonds. The Morgan fingerprint density at radius 1 is 1.53 bits per heavy atom. The molecule has 84 valence electrons. The Morgan fingerprint density at radius 2 is 2.33 bits per heavy atom. The van der Waals surface area contributed by atoms with Gasteiger partial charge in [-0.3, -0.25) is 9.59 Å². The smallest absolute Gasteiger partial charge is 0.304 e. The molecule has 0 aromatic carbocycles. The van der Waals surface area contributed by atoms with Crippen LogP contribution in [0, 0.1) is 0 Å². The van der Waals surface area contributed by atoms with E-state index in [1.165, 1.54) is 0 Å². The normalized spacial score (nSPS) is 10.2. The number of carbonyl (C=O) groups is 1. The topological polar surface area (TPSA) is 82.2 Å². The molecule has 0 radical (unpaired) electrons. The highest BCUT2D eigenvalue weighted by molar-refractivity contribution is 7.07. The van der Waals surface area contributed by atoms with Gasteiger partial charge in [0.15, 0.2) is 0 Å². The van der Waals surface area contributed by atoms with Gasteiger partial charge in [0, 0.05) is 24.1 Å². The number of amides is 1. The molecule has 0 bridgehead atoms. The molecular weight excluding hydrogens is 216 g/mol.